The van der Waals surface area contributed by atoms with Crippen molar-refractivity contribution in [3.8, 4) is 5.75 Å². The molecule has 0 aromatic heterocycles. The number of benzene rings is 2. The molecule has 1 N–H and O–H groups in total. The lowest BCUT2D eigenvalue weighted by Crippen LogP contribution is -2.22. The fourth-order valence-corrected chi connectivity index (χ4v) is 4.38. The summed E-state index contributed by atoms with van der Waals surface area (Å²) in [5.74, 6) is -2.17. The lowest BCUT2D eigenvalue weighted by Gasteiger charge is -2.09. The first-order valence-corrected chi connectivity index (χ1v) is 10.9. The van der Waals surface area contributed by atoms with Gasteiger partial charge in [-0.25, -0.2) is 8.42 Å². The van der Waals surface area contributed by atoms with E-state index in [2.05, 4.69) is 5.32 Å². The maximum absolute atomic E-state index is 12.3. The second-order valence-corrected chi connectivity index (χ2v) is 8.91. The molecule has 0 spiro atoms. The Morgan fingerprint density at radius 3 is 2.52 bits per heavy atom. The molecule has 2 aromatic carbocycles. The Labute approximate surface area is 187 Å². The Balaban J connectivity index is 1.94. The molecule has 13 heteroatoms. The molecule has 0 saturated carbocycles. The molecule has 0 aliphatic rings. The summed E-state index contributed by atoms with van der Waals surface area (Å²) in [7, 11) is -2.58. The standard InChI is InChI=1S/C18H16Cl2N2O8S/c1-29-12-3-5-15(22(25)26)14(9-12)21-17(23)10-30-18(24)6-7-31(27,28)16-8-11(19)2-4-13(16)20/h2-5,8-9H,6-7,10H2,1H3,(H,21,23). The number of rotatable bonds is 9. The highest BCUT2D eigenvalue weighted by Gasteiger charge is 2.22. The van der Waals surface area contributed by atoms with Gasteiger partial charge >= 0.3 is 5.97 Å². The summed E-state index contributed by atoms with van der Waals surface area (Å²) >= 11 is 11.6. The van der Waals surface area contributed by atoms with Crippen LogP contribution in [0.2, 0.25) is 10.0 Å². The third-order valence-electron chi connectivity index (χ3n) is 3.84. The number of hydrogen-bond donors (Lipinski definition) is 1. The quantitative estimate of drug-likeness (QED) is 0.320. The fourth-order valence-electron chi connectivity index (χ4n) is 2.35. The highest BCUT2D eigenvalue weighted by molar-refractivity contribution is 7.91. The van der Waals surface area contributed by atoms with E-state index in [-0.39, 0.29) is 32.1 Å². The minimum Gasteiger partial charge on any atom is -0.497 e. The van der Waals surface area contributed by atoms with Crippen molar-refractivity contribution in [3.05, 3.63) is 56.6 Å². The largest absolute Gasteiger partial charge is 0.497 e. The summed E-state index contributed by atoms with van der Waals surface area (Å²) < 4.78 is 34.4. The second-order valence-electron chi connectivity index (χ2n) is 5.99. The van der Waals surface area contributed by atoms with E-state index < -0.39 is 45.4 Å². The Kier molecular flexibility index (Phi) is 8.20. The van der Waals surface area contributed by atoms with Crippen molar-refractivity contribution in [2.75, 3.05) is 24.8 Å². The van der Waals surface area contributed by atoms with Crippen LogP contribution in [0.15, 0.2) is 41.3 Å². The zero-order valence-electron chi connectivity index (χ0n) is 16.0. The van der Waals surface area contributed by atoms with Crippen LogP contribution in [0.25, 0.3) is 0 Å². The number of carbonyl (C=O) groups excluding carboxylic acids is 2. The maximum Gasteiger partial charge on any atom is 0.307 e. The molecule has 0 saturated heterocycles. The van der Waals surface area contributed by atoms with Gasteiger partial charge in [0.15, 0.2) is 16.4 Å². The first-order chi connectivity index (χ1) is 14.5. The molecule has 10 nitrogen and oxygen atoms in total. The number of amides is 1. The summed E-state index contributed by atoms with van der Waals surface area (Å²) in [4.78, 5) is 34.0. The molecule has 31 heavy (non-hydrogen) atoms. The minimum absolute atomic E-state index is 0.0444. The van der Waals surface area contributed by atoms with Gasteiger partial charge in [-0.05, 0) is 24.3 Å². The maximum atomic E-state index is 12.3. The van der Waals surface area contributed by atoms with Gasteiger partial charge in [0.05, 0.1) is 34.1 Å². The molecule has 2 aromatic rings. The van der Waals surface area contributed by atoms with E-state index in [1.165, 1.54) is 37.4 Å². The van der Waals surface area contributed by atoms with E-state index in [9.17, 15) is 28.1 Å². The van der Waals surface area contributed by atoms with Gasteiger partial charge in [-0.2, -0.15) is 0 Å². The van der Waals surface area contributed by atoms with Gasteiger partial charge in [0.1, 0.15) is 11.4 Å². The summed E-state index contributed by atoms with van der Waals surface area (Å²) in [5.41, 5.74) is -0.534. The lowest BCUT2D eigenvalue weighted by atomic mass is 10.2. The summed E-state index contributed by atoms with van der Waals surface area (Å²) in [6, 6.07) is 7.63. The molecule has 0 bridgehead atoms. The van der Waals surface area contributed by atoms with Crippen LogP contribution >= 0.6 is 23.2 Å². The van der Waals surface area contributed by atoms with Crippen molar-refractivity contribution in [1.29, 1.82) is 0 Å². The molecular weight excluding hydrogens is 475 g/mol. The highest BCUT2D eigenvalue weighted by atomic mass is 35.5. The van der Waals surface area contributed by atoms with E-state index in [4.69, 9.17) is 32.7 Å². The van der Waals surface area contributed by atoms with Gasteiger partial charge in [0, 0.05) is 17.2 Å². The number of sulfone groups is 1. The number of halogens is 2. The van der Waals surface area contributed by atoms with Crippen molar-refractivity contribution in [3.63, 3.8) is 0 Å². The summed E-state index contributed by atoms with van der Waals surface area (Å²) in [5, 5.41) is 13.4. The number of nitro groups is 1. The second kappa shape index (κ2) is 10.4. The van der Waals surface area contributed by atoms with Gasteiger partial charge in [0.25, 0.3) is 11.6 Å². The average Bonchev–Trinajstić information content (AvgIpc) is 2.72. The number of nitrogens with one attached hydrogen (secondary N) is 1. The number of hydrogen-bond acceptors (Lipinski definition) is 8. The zero-order chi connectivity index (χ0) is 23.2. The van der Waals surface area contributed by atoms with E-state index >= 15 is 0 Å². The van der Waals surface area contributed by atoms with Crippen molar-refractivity contribution >= 4 is 56.3 Å². The van der Waals surface area contributed by atoms with Crippen LogP contribution < -0.4 is 10.1 Å². The fraction of sp³-hybridized carbons (Fsp3) is 0.222. The first-order valence-electron chi connectivity index (χ1n) is 8.49. The van der Waals surface area contributed by atoms with Crippen LogP contribution in [0, 0.1) is 10.1 Å². The monoisotopic (exact) mass is 490 g/mol. The van der Waals surface area contributed by atoms with Gasteiger partial charge in [-0.3, -0.25) is 19.7 Å². The molecule has 0 radical (unpaired) electrons. The van der Waals surface area contributed by atoms with E-state index in [1.807, 2.05) is 0 Å². The van der Waals surface area contributed by atoms with Crippen LogP contribution in [0.5, 0.6) is 5.75 Å². The Morgan fingerprint density at radius 1 is 1.16 bits per heavy atom. The van der Waals surface area contributed by atoms with Gasteiger partial charge in [-0.1, -0.05) is 23.2 Å². The SMILES string of the molecule is COc1ccc([N+](=O)[O-])c(NC(=O)COC(=O)CCS(=O)(=O)c2cc(Cl)ccc2Cl)c1. The number of methoxy groups -OCH3 is 1. The molecule has 1 amide bonds. The Bertz CT molecular complexity index is 1120. The lowest BCUT2D eigenvalue weighted by molar-refractivity contribution is -0.383. The molecule has 166 valence electrons. The topological polar surface area (TPSA) is 142 Å². The Hall–Kier alpha value is -2.89. The van der Waals surface area contributed by atoms with Crippen LogP contribution in [0.3, 0.4) is 0 Å². The molecule has 0 unspecified atom stereocenters. The van der Waals surface area contributed by atoms with E-state index in [1.54, 1.807) is 0 Å². The predicted octanol–water partition coefficient (Wildman–Crippen LogP) is 3.26. The minimum atomic E-state index is -3.93. The number of carbonyl (C=O) groups is 2. The number of nitrogens with zero attached hydrogens (tertiary/aromatic N) is 1. The average molecular weight is 491 g/mol. The van der Waals surface area contributed by atoms with E-state index in [0.29, 0.717) is 0 Å². The van der Waals surface area contributed by atoms with Gasteiger partial charge < -0.3 is 14.8 Å². The van der Waals surface area contributed by atoms with Gasteiger partial charge in [0.2, 0.25) is 0 Å². The summed E-state index contributed by atoms with van der Waals surface area (Å²) in [6.07, 6.45) is -0.544. The van der Waals surface area contributed by atoms with Crippen LogP contribution in [0.4, 0.5) is 11.4 Å². The number of ether oxygens (including phenoxy) is 2. The highest BCUT2D eigenvalue weighted by Crippen LogP contribution is 2.29. The smallest absolute Gasteiger partial charge is 0.307 e. The molecule has 2 rings (SSSR count). The van der Waals surface area contributed by atoms with Crippen LogP contribution in [0.1, 0.15) is 6.42 Å². The third-order valence-corrected chi connectivity index (χ3v) is 6.27. The predicted molar refractivity (Wildman–Crippen MR) is 112 cm³/mol. The number of anilines is 1. The molecular formula is C18H16Cl2N2O8S. The van der Waals surface area contributed by atoms with Crippen molar-refractivity contribution < 1.29 is 32.4 Å². The van der Waals surface area contributed by atoms with E-state index in [0.717, 1.165) is 6.07 Å². The first kappa shape index (κ1) is 24.4. The Morgan fingerprint density at radius 2 is 1.87 bits per heavy atom. The molecule has 0 atom stereocenters. The third kappa shape index (κ3) is 6.81. The number of nitro benzene ring substituents is 1. The molecule has 0 fully saturated rings. The van der Waals surface area contributed by atoms with Gasteiger partial charge in [-0.15, -0.1) is 0 Å². The normalized spacial score (nSPS) is 10.9. The number of esters is 1. The molecule has 0 heterocycles. The molecule has 0 aliphatic heterocycles. The van der Waals surface area contributed by atoms with Crippen LogP contribution in [-0.2, 0) is 24.2 Å². The molecule has 0 aliphatic carbocycles. The van der Waals surface area contributed by atoms with Crippen molar-refractivity contribution in [2.45, 2.75) is 11.3 Å². The zero-order valence-corrected chi connectivity index (χ0v) is 18.3. The van der Waals surface area contributed by atoms with Crippen molar-refractivity contribution in [2.24, 2.45) is 0 Å². The van der Waals surface area contributed by atoms with Crippen LogP contribution in [-0.4, -0.2) is 44.7 Å². The summed E-state index contributed by atoms with van der Waals surface area (Å²) in [6.45, 7) is -0.773. The van der Waals surface area contributed by atoms with Crippen molar-refractivity contribution in [1.82, 2.24) is 0 Å².